The van der Waals surface area contributed by atoms with E-state index in [0.29, 0.717) is 19.4 Å². The third-order valence-corrected chi connectivity index (χ3v) is 19.4. The highest BCUT2D eigenvalue weighted by Gasteiger charge is 2.18. The Labute approximate surface area is 564 Å². The molecule has 90 heavy (non-hydrogen) atoms. The van der Waals surface area contributed by atoms with Crippen LogP contribution in [0.4, 0.5) is 0 Å². The third-order valence-electron chi connectivity index (χ3n) is 19.4. The summed E-state index contributed by atoms with van der Waals surface area (Å²) in [4.78, 5) is 24.6. The zero-order chi connectivity index (χ0) is 64.9. The van der Waals surface area contributed by atoms with Gasteiger partial charge in [0.25, 0.3) is 0 Å². The maximum atomic E-state index is 12.6. The summed E-state index contributed by atoms with van der Waals surface area (Å²) in [5.41, 5.74) is 0. The monoisotopic (exact) mass is 1260 g/mol. The number of hydrogen-bond donors (Lipinski definition) is 3. The molecule has 532 valence electrons. The summed E-state index contributed by atoms with van der Waals surface area (Å²) >= 11 is 0. The molecule has 0 aromatic rings. The van der Waals surface area contributed by atoms with Crippen LogP contribution in [-0.4, -0.2) is 47.4 Å². The minimum atomic E-state index is -0.844. The van der Waals surface area contributed by atoms with Crippen LogP contribution >= 0.6 is 0 Å². The second-order valence-corrected chi connectivity index (χ2v) is 28.4. The van der Waals surface area contributed by atoms with Gasteiger partial charge in [0.2, 0.25) is 5.91 Å². The van der Waals surface area contributed by atoms with Gasteiger partial charge in [0.1, 0.15) is 0 Å². The normalized spacial score (nSPS) is 12.6. The van der Waals surface area contributed by atoms with Crippen LogP contribution in [0.25, 0.3) is 0 Å². The van der Waals surface area contributed by atoms with Gasteiger partial charge in [-0.25, -0.2) is 0 Å². The number of nitrogens with one attached hydrogen (secondary N) is 1. The predicted molar refractivity (Wildman–Crippen MR) is 398 cm³/mol. The summed E-state index contributed by atoms with van der Waals surface area (Å²) in [5, 5.41) is 23.3. The molecule has 3 N–H and O–H groups in total. The number of rotatable bonds is 78. The van der Waals surface area contributed by atoms with Crippen LogP contribution < -0.4 is 5.32 Å². The lowest BCUT2D eigenvalue weighted by Gasteiger charge is -2.20. The number of aliphatic hydroxyl groups excluding tert-OH is 2. The molecule has 2 atom stereocenters. The maximum absolute atomic E-state index is 12.6. The average Bonchev–Trinajstić information content (AvgIpc) is 3.60. The molecular formula is C84H161NO5. The van der Waals surface area contributed by atoms with Gasteiger partial charge < -0.3 is 20.3 Å². The van der Waals surface area contributed by atoms with Gasteiger partial charge in [-0.1, -0.05) is 403 Å². The van der Waals surface area contributed by atoms with Crippen molar-refractivity contribution in [1.29, 1.82) is 0 Å². The van der Waals surface area contributed by atoms with Crippen molar-refractivity contribution in [3.63, 3.8) is 0 Å². The molecule has 6 nitrogen and oxygen atoms in total. The first-order valence-electron chi connectivity index (χ1n) is 41.3. The molecular weight excluding hydrogens is 1100 g/mol. The lowest BCUT2D eigenvalue weighted by atomic mass is 10.0. The van der Waals surface area contributed by atoms with Crippen molar-refractivity contribution in [2.24, 2.45) is 0 Å². The molecule has 1 amide bonds. The summed E-state index contributed by atoms with van der Waals surface area (Å²) in [6.45, 7) is 4.94. The highest BCUT2D eigenvalue weighted by molar-refractivity contribution is 5.76. The number of amides is 1. The number of carbonyl (C=O) groups is 2. The smallest absolute Gasteiger partial charge is 0.305 e. The zero-order valence-electron chi connectivity index (χ0n) is 61.1. The maximum Gasteiger partial charge on any atom is 0.305 e. The number of hydrogen-bond acceptors (Lipinski definition) is 5. The van der Waals surface area contributed by atoms with Crippen LogP contribution in [0.1, 0.15) is 463 Å². The molecule has 0 heterocycles. The number of carbonyl (C=O) groups excluding carboxylic acids is 2. The Morgan fingerprint density at radius 3 is 0.789 bits per heavy atom. The topological polar surface area (TPSA) is 95.9 Å². The van der Waals surface area contributed by atoms with Crippen molar-refractivity contribution >= 4 is 11.9 Å². The van der Waals surface area contributed by atoms with Crippen LogP contribution in [0.5, 0.6) is 0 Å². The van der Waals surface area contributed by atoms with Crippen molar-refractivity contribution in [2.75, 3.05) is 13.2 Å². The van der Waals surface area contributed by atoms with Gasteiger partial charge in [0.15, 0.2) is 0 Å². The fourth-order valence-electron chi connectivity index (χ4n) is 13.1. The highest BCUT2D eigenvalue weighted by atomic mass is 16.5. The standard InChI is InChI=1S/C84H161NO5/c1-3-5-7-9-11-13-15-17-19-20-21-22-23-37-40-43-46-49-52-56-60-64-68-72-76-82(87)81(80-86)85-83(88)77-73-69-65-61-57-53-50-47-44-41-38-35-33-31-29-27-25-24-26-28-30-32-34-36-39-42-45-48-51-55-59-63-67-71-75-79-90-84(89)78-74-70-66-62-58-54-18-16-14-12-10-8-6-4-2/h16,18,26,28,72,76,81-82,86-87H,3-15,17,19-25,27,29-71,73-75,77-80H2,1-2H3,(H,85,88)/b18-16-,28-26-,76-72+. The molecule has 0 bridgehead atoms. The first kappa shape index (κ1) is 88.1. The SMILES string of the molecule is CCCCCCC/C=C\CCCCCCCC(=O)OCCCCCCCCCCCCCCCC/C=C\CCCCCCCCCCCCCCCCCCCC(=O)NC(CO)C(O)/C=C/CCCCCCCCCCCCCCCCCCCCCCCC. The van der Waals surface area contributed by atoms with E-state index >= 15 is 0 Å². The Kier molecular flexibility index (Phi) is 77.8. The first-order chi connectivity index (χ1) is 44.5. The molecule has 0 saturated carbocycles. The molecule has 0 fully saturated rings. The van der Waals surface area contributed by atoms with E-state index in [-0.39, 0.29) is 18.5 Å². The molecule has 0 saturated heterocycles. The van der Waals surface area contributed by atoms with Crippen molar-refractivity contribution in [3.05, 3.63) is 36.5 Å². The largest absolute Gasteiger partial charge is 0.466 e. The van der Waals surface area contributed by atoms with Crippen LogP contribution in [0.15, 0.2) is 36.5 Å². The Bertz CT molecular complexity index is 1460. The highest BCUT2D eigenvalue weighted by Crippen LogP contribution is 2.20. The van der Waals surface area contributed by atoms with E-state index in [4.69, 9.17) is 4.74 Å². The van der Waals surface area contributed by atoms with E-state index in [0.717, 1.165) is 44.9 Å². The fourth-order valence-corrected chi connectivity index (χ4v) is 13.1. The lowest BCUT2D eigenvalue weighted by molar-refractivity contribution is -0.143. The lowest BCUT2D eigenvalue weighted by Crippen LogP contribution is -2.45. The van der Waals surface area contributed by atoms with Crippen molar-refractivity contribution in [1.82, 2.24) is 5.32 Å². The van der Waals surface area contributed by atoms with E-state index < -0.39 is 12.1 Å². The van der Waals surface area contributed by atoms with E-state index in [1.165, 1.54) is 392 Å². The molecule has 0 aromatic heterocycles. The molecule has 0 rings (SSSR count). The Morgan fingerprint density at radius 1 is 0.300 bits per heavy atom. The molecule has 0 spiro atoms. The van der Waals surface area contributed by atoms with Gasteiger partial charge >= 0.3 is 5.97 Å². The minimum Gasteiger partial charge on any atom is -0.466 e. The summed E-state index contributed by atoms with van der Waals surface area (Å²) in [7, 11) is 0. The molecule has 0 aliphatic heterocycles. The minimum absolute atomic E-state index is 0.0122. The van der Waals surface area contributed by atoms with Crippen LogP contribution in [0.3, 0.4) is 0 Å². The summed E-state index contributed by atoms with van der Waals surface area (Å²) < 4.78 is 5.49. The molecule has 0 aliphatic carbocycles. The van der Waals surface area contributed by atoms with Gasteiger partial charge in [0.05, 0.1) is 25.4 Å². The molecule has 2 unspecified atom stereocenters. The second-order valence-electron chi connectivity index (χ2n) is 28.4. The van der Waals surface area contributed by atoms with Gasteiger partial charge in [-0.2, -0.15) is 0 Å². The van der Waals surface area contributed by atoms with Crippen molar-refractivity contribution in [2.45, 2.75) is 475 Å². The number of esters is 1. The Hall–Kier alpha value is -1.92. The van der Waals surface area contributed by atoms with Crippen molar-refractivity contribution in [3.8, 4) is 0 Å². The quantitative estimate of drug-likeness (QED) is 0.0320. The van der Waals surface area contributed by atoms with Gasteiger partial charge in [-0.15, -0.1) is 0 Å². The number of ether oxygens (including phenoxy) is 1. The van der Waals surface area contributed by atoms with E-state index in [9.17, 15) is 19.8 Å². The summed E-state index contributed by atoms with van der Waals surface area (Å²) in [6.07, 6.45) is 104. The number of allylic oxidation sites excluding steroid dienone is 5. The van der Waals surface area contributed by atoms with E-state index in [1.807, 2.05) is 6.08 Å². The Balaban J connectivity index is 3.37. The van der Waals surface area contributed by atoms with Crippen LogP contribution in [-0.2, 0) is 14.3 Å². The molecule has 0 aromatic carbocycles. The Morgan fingerprint density at radius 2 is 0.522 bits per heavy atom. The van der Waals surface area contributed by atoms with Crippen molar-refractivity contribution < 1.29 is 24.5 Å². The number of aliphatic hydroxyl groups is 2. The zero-order valence-corrected chi connectivity index (χ0v) is 61.1. The van der Waals surface area contributed by atoms with E-state index in [1.54, 1.807) is 6.08 Å². The molecule has 0 radical (unpaired) electrons. The predicted octanol–water partition coefficient (Wildman–Crippen LogP) is 27.4. The average molecular weight is 1270 g/mol. The van der Waals surface area contributed by atoms with Gasteiger partial charge in [-0.3, -0.25) is 9.59 Å². The summed E-state index contributed by atoms with van der Waals surface area (Å²) in [6, 6.07) is -0.627. The van der Waals surface area contributed by atoms with E-state index in [2.05, 4.69) is 43.5 Å². The van der Waals surface area contributed by atoms with Crippen LogP contribution in [0, 0.1) is 0 Å². The second kappa shape index (κ2) is 79.5. The summed E-state index contributed by atoms with van der Waals surface area (Å²) in [5.74, 6) is -0.0470. The molecule has 6 heteroatoms. The van der Waals surface area contributed by atoms with Gasteiger partial charge in [-0.05, 0) is 83.5 Å². The van der Waals surface area contributed by atoms with Crippen LogP contribution in [0.2, 0.25) is 0 Å². The first-order valence-corrected chi connectivity index (χ1v) is 41.3. The molecule has 0 aliphatic rings. The van der Waals surface area contributed by atoms with Gasteiger partial charge in [0, 0.05) is 12.8 Å². The third kappa shape index (κ3) is 75.1. The fraction of sp³-hybridized carbons (Fsp3) is 0.905. The number of unbranched alkanes of at least 4 members (excludes halogenated alkanes) is 63.